The Kier molecular flexibility index (Phi) is 3.30. The zero-order chi connectivity index (χ0) is 12.3. The molecule has 88 valence electrons. The number of nitrogens with two attached hydrogens (primary N) is 2. The second-order valence-corrected chi connectivity index (χ2v) is 4.32. The first-order valence-electron chi connectivity index (χ1n) is 5.04. The highest BCUT2D eigenvalue weighted by atomic mass is 32.1. The summed E-state index contributed by atoms with van der Waals surface area (Å²) in [5.41, 5.74) is 12.8. The molecule has 0 amide bonds. The molecule has 0 spiro atoms. The second kappa shape index (κ2) is 4.88. The maximum Gasteiger partial charge on any atom is 0.233 e. The van der Waals surface area contributed by atoms with E-state index < -0.39 is 0 Å². The Morgan fingerprint density at radius 2 is 2.12 bits per heavy atom. The van der Waals surface area contributed by atoms with Crippen molar-refractivity contribution in [3.05, 3.63) is 40.6 Å². The fourth-order valence-corrected chi connectivity index (χ4v) is 2.16. The summed E-state index contributed by atoms with van der Waals surface area (Å²) in [4.78, 5) is 4.93. The molecule has 2 aromatic rings. The van der Waals surface area contributed by atoms with E-state index in [1.54, 1.807) is 19.2 Å². The predicted octanol–water partition coefficient (Wildman–Crippen LogP) is 2.37. The monoisotopic (exact) mass is 247 g/mol. The van der Waals surface area contributed by atoms with Gasteiger partial charge in [0.25, 0.3) is 0 Å². The Balaban J connectivity index is 2.26. The molecule has 0 aliphatic heterocycles. The zero-order valence-electron chi connectivity index (χ0n) is 9.38. The van der Waals surface area contributed by atoms with Crippen molar-refractivity contribution in [2.24, 2.45) is 4.99 Å². The van der Waals surface area contributed by atoms with Gasteiger partial charge in [0, 0.05) is 18.8 Å². The van der Waals surface area contributed by atoms with Crippen LogP contribution in [0.15, 0.2) is 40.7 Å². The minimum absolute atomic E-state index is 0.503. The maximum absolute atomic E-state index is 5.83. The summed E-state index contributed by atoms with van der Waals surface area (Å²) < 4.78 is 5.67. The van der Waals surface area contributed by atoms with Crippen LogP contribution in [0.4, 0.5) is 11.4 Å². The van der Waals surface area contributed by atoms with Gasteiger partial charge < -0.3 is 16.2 Å². The number of thiophene rings is 1. The Bertz CT molecular complexity index is 548. The molecular formula is C12H13N3OS. The van der Waals surface area contributed by atoms with E-state index in [-0.39, 0.29) is 0 Å². The lowest BCUT2D eigenvalue weighted by molar-refractivity contribution is 0.553. The molecule has 0 atom stereocenters. The number of aliphatic imine (C=N–C) groups is 1. The average molecular weight is 247 g/mol. The maximum atomic E-state index is 5.83. The molecule has 0 fully saturated rings. The van der Waals surface area contributed by atoms with Crippen molar-refractivity contribution in [1.82, 2.24) is 0 Å². The summed E-state index contributed by atoms with van der Waals surface area (Å²) in [7, 11) is 1.67. The quantitative estimate of drug-likeness (QED) is 0.486. The molecular weight excluding hydrogens is 234 g/mol. The smallest absolute Gasteiger partial charge is 0.233 e. The average Bonchev–Trinajstić information content (AvgIpc) is 2.72. The molecule has 0 saturated carbocycles. The van der Waals surface area contributed by atoms with Crippen molar-refractivity contribution in [2.45, 2.75) is 0 Å². The van der Waals surface area contributed by atoms with Gasteiger partial charge in [-0.15, -0.1) is 11.3 Å². The van der Waals surface area contributed by atoms with Gasteiger partial charge in [0.1, 0.15) is 10.6 Å². The van der Waals surface area contributed by atoms with Crippen molar-refractivity contribution < 1.29 is 4.74 Å². The Morgan fingerprint density at radius 3 is 2.71 bits per heavy atom. The van der Waals surface area contributed by atoms with E-state index in [4.69, 9.17) is 16.2 Å². The molecule has 0 saturated heterocycles. The molecule has 0 radical (unpaired) electrons. The third-order valence-electron chi connectivity index (χ3n) is 2.17. The summed E-state index contributed by atoms with van der Waals surface area (Å²) in [5, 5.41) is 1.90. The number of ether oxygens (including phenoxy) is 1. The molecule has 17 heavy (non-hydrogen) atoms. The number of hydrogen-bond donors (Lipinski definition) is 2. The van der Waals surface area contributed by atoms with Crippen LogP contribution in [0.25, 0.3) is 0 Å². The summed E-state index contributed by atoms with van der Waals surface area (Å²) >= 11 is 1.49. The first-order valence-corrected chi connectivity index (χ1v) is 5.92. The summed E-state index contributed by atoms with van der Waals surface area (Å²) in [6.07, 6.45) is 0. The van der Waals surface area contributed by atoms with Gasteiger partial charge in [-0.05, 0) is 23.6 Å². The molecule has 4 N–H and O–H groups in total. The molecule has 1 heterocycles. The molecule has 1 aromatic carbocycles. The standard InChI is InChI=1S/C12H13N3OS/c1-15-12(11-10(14)5-6-17-11)16-9-4-2-3-8(13)7-9/h2-7H,13-14H2,1H3. The Hall–Kier alpha value is -2.01. The van der Waals surface area contributed by atoms with E-state index >= 15 is 0 Å². The van der Waals surface area contributed by atoms with Crippen LogP contribution in [0.5, 0.6) is 5.75 Å². The third-order valence-corrected chi connectivity index (χ3v) is 3.08. The van der Waals surface area contributed by atoms with Gasteiger partial charge in [-0.2, -0.15) is 0 Å². The van der Waals surface area contributed by atoms with Gasteiger partial charge in [0.15, 0.2) is 0 Å². The normalized spacial score (nSPS) is 11.5. The fraction of sp³-hybridized carbons (Fsp3) is 0.0833. The minimum atomic E-state index is 0.503. The third kappa shape index (κ3) is 2.57. The highest BCUT2D eigenvalue weighted by Crippen LogP contribution is 2.23. The lowest BCUT2D eigenvalue weighted by atomic mass is 10.3. The SMILES string of the molecule is CN=C(Oc1cccc(N)c1)c1sccc1N. The Labute approximate surface area is 104 Å². The molecule has 2 rings (SSSR count). The number of hydrogen-bond acceptors (Lipinski definition) is 5. The molecule has 0 unspecified atom stereocenters. The van der Waals surface area contributed by atoms with Crippen molar-refractivity contribution >= 4 is 28.6 Å². The van der Waals surface area contributed by atoms with E-state index in [0.717, 1.165) is 4.88 Å². The van der Waals surface area contributed by atoms with Crippen LogP contribution in [0.3, 0.4) is 0 Å². The van der Waals surface area contributed by atoms with Crippen LogP contribution >= 0.6 is 11.3 Å². The van der Waals surface area contributed by atoms with Gasteiger partial charge >= 0.3 is 0 Å². The number of nitrogen functional groups attached to an aromatic ring is 2. The van der Waals surface area contributed by atoms with Crippen LogP contribution in [0.1, 0.15) is 4.88 Å². The van der Waals surface area contributed by atoms with Gasteiger partial charge in [-0.3, -0.25) is 4.99 Å². The van der Waals surface area contributed by atoms with Crippen LogP contribution < -0.4 is 16.2 Å². The molecule has 0 bridgehead atoms. The summed E-state index contributed by atoms with van der Waals surface area (Å²) in [6, 6.07) is 9.03. The second-order valence-electron chi connectivity index (χ2n) is 3.41. The Morgan fingerprint density at radius 1 is 1.29 bits per heavy atom. The van der Waals surface area contributed by atoms with Crippen molar-refractivity contribution in [3.8, 4) is 5.75 Å². The number of benzene rings is 1. The molecule has 4 nitrogen and oxygen atoms in total. The van der Waals surface area contributed by atoms with Crippen molar-refractivity contribution in [3.63, 3.8) is 0 Å². The predicted molar refractivity (Wildman–Crippen MR) is 72.7 cm³/mol. The van der Waals surface area contributed by atoms with Crippen molar-refractivity contribution in [2.75, 3.05) is 18.5 Å². The molecule has 5 heteroatoms. The first kappa shape index (κ1) is 11.5. The van der Waals surface area contributed by atoms with Crippen LogP contribution in [0.2, 0.25) is 0 Å². The first-order chi connectivity index (χ1) is 8.20. The molecule has 0 aliphatic carbocycles. The molecule has 0 aliphatic rings. The fourth-order valence-electron chi connectivity index (χ4n) is 1.38. The molecule has 1 aromatic heterocycles. The van der Waals surface area contributed by atoms with Crippen LogP contribution in [-0.2, 0) is 0 Å². The van der Waals surface area contributed by atoms with Gasteiger partial charge in [-0.1, -0.05) is 6.07 Å². The highest BCUT2D eigenvalue weighted by molar-refractivity contribution is 7.12. The van der Waals surface area contributed by atoms with Crippen LogP contribution in [0, 0.1) is 0 Å². The summed E-state index contributed by atoms with van der Waals surface area (Å²) in [6.45, 7) is 0. The van der Waals surface area contributed by atoms with E-state index in [2.05, 4.69) is 4.99 Å². The lowest BCUT2D eigenvalue weighted by Gasteiger charge is -2.08. The van der Waals surface area contributed by atoms with Crippen LogP contribution in [-0.4, -0.2) is 12.9 Å². The lowest BCUT2D eigenvalue weighted by Crippen LogP contribution is -2.10. The van der Waals surface area contributed by atoms with E-state index in [9.17, 15) is 0 Å². The minimum Gasteiger partial charge on any atom is -0.438 e. The zero-order valence-corrected chi connectivity index (χ0v) is 10.2. The number of rotatable bonds is 2. The highest BCUT2D eigenvalue weighted by Gasteiger charge is 2.11. The van der Waals surface area contributed by atoms with Gasteiger partial charge in [0.2, 0.25) is 5.90 Å². The van der Waals surface area contributed by atoms with Gasteiger partial charge in [0.05, 0.1) is 5.69 Å². The van der Waals surface area contributed by atoms with E-state index in [1.807, 2.05) is 23.6 Å². The van der Waals surface area contributed by atoms with E-state index in [0.29, 0.717) is 23.0 Å². The topological polar surface area (TPSA) is 73.6 Å². The van der Waals surface area contributed by atoms with Crippen molar-refractivity contribution in [1.29, 1.82) is 0 Å². The number of nitrogens with zero attached hydrogens (tertiary/aromatic N) is 1. The largest absolute Gasteiger partial charge is 0.438 e. The summed E-state index contributed by atoms with van der Waals surface area (Å²) in [5.74, 6) is 1.15. The van der Waals surface area contributed by atoms with E-state index in [1.165, 1.54) is 11.3 Å². The van der Waals surface area contributed by atoms with Gasteiger partial charge in [-0.25, -0.2) is 0 Å². The number of anilines is 2.